The van der Waals surface area contributed by atoms with E-state index < -0.39 is 0 Å². The second-order valence-electron chi connectivity index (χ2n) is 3.81. The van der Waals surface area contributed by atoms with Crippen LogP contribution >= 0.6 is 0 Å². The molecule has 1 unspecified atom stereocenters. The molecule has 0 radical (unpaired) electrons. The predicted molar refractivity (Wildman–Crippen MR) is 68.9 cm³/mol. The molecule has 1 aromatic carbocycles. The number of hydrogen-bond acceptors (Lipinski definition) is 3. The molecule has 0 aromatic heterocycles. The maximum absolute atomic E-state index is 9.26. The summed E-state index contributed by atoms with van der Waals surface area (Å²) in [5.41, 5.74) is 1.21. The Labute approximate surface area is 98.1 Å². The quantitative estimate of drug-likeness (QED) is 0.733. The Bertz CT molecular complexity index is 277. The van der Waals surface area contributed by atoms with Gasteiger partial charge in [-0.05, 0) is 25.6 Å². The van der Waals surface area contributed by atoms with E-state index in [1.54, 1.807) is 0 Å². The van der Waals surface area contributed by atoms with Crippen molar-refractivity contribution in [2.75, 3.05) is 31.1 Å². The van der Waals surface area contributed by atoms with Crippen LogP contribution in [0.2, 0.25) is 0 Å². The minimum Gasteiger partial charge on any atom is -0.395 e. The number of para-hydroxylation sites is 1. The van der Waals surface area contributed by atoms with Crippen LogP contribution in [0.3, 0.4) is 0 Å². The fourth-order valence-corrected chi connectivity index (χ4v) is 1.80. The molecule has 1 atom stereocenters. The maximum Gasteiger partial charge on any atom is 0.0601 e. The highest BCUT2D eigenvalue weighted by Gasteiger charge is 2.11. The van der Waals surface area contributed by atoms with E-state index in [0.29, 0.717) is 0 Å². The molecule has 1 rings (SSSR count). The highest BCUT2D eigenvalue weighted by atomic mass is 16.3. The Kier molecular flexibility index (Phi) is 5.90. The lowest BCUT2D eigenvalue weighted by atomic mass is 10.2. The zero-order chi connectivity index (χ0) is 11.8. The summed E-state index contributed by atoms with van der Waals surface area (Å²) in [6.45, 7) is 7.04. The van der Waals surface area contributed by atoms with Crippen molar-refractivity contribution in [3.8, 4) is 0 Å². The van der Waals surface area contributed by atoms with Crippen molar-refractivity contribution in [2.45, 2.75) is 19.9 Å². The SMILES string of the molecule is CCNC(CO)CN(CC)c1ccccc1. The Morgan fingerprint density at radius 1 is 1.25 bits per heavy atom. The third kappa shape index (κ3) is 3.83. The summed E-state index contributed by atoms with van der Waals surface area (Å²) in [5.74, 6) is 0. The topological polar surface area (TPSA) is 35.5 Å². The monoisotopic (exact) mass is 222 g/mol. The minimum atomic E-state index is 0.144. The summed E-state index contributed by atoms with van der Waals surface area (Å²) < 4.78 is 0. The summed E-state index contributed by atoms with van der Waals surface area (Å²) in [6.07, 6.45) is 0. The fraction of sp³-hybridized carbons (Fsp3) is 0.538. The summed E-state index contributed by atoms with van der Waals surface area (Å²) in [7, 11) is 0. The van der Waals surface area contributed by atoms with Crippen LogP contribution in [-0.4, -0.2) is 37.4 Å². The molecule has 1 aromatic rings. The number of benzene rings is 1. The van der Waals surface area contributed by atoms with Gasteiger partial charge in [-0.25, -0.2) is 0 Å². The van der Waals surface area contributed by atoms with Gasteiger partial charge in [0, 0.05) is 24.8 Å². The molecule has 16 heavy (non-hydrogen) atoms. The van der Waals surface area contributed by atoms with Crippen LogP contribution in [0.15, 0.2) is 30.3 Å². The molecule has 0 aliphatic carbocycles. The molecule has 0 amide bonds. The average molecular weight is 222 g/mol. The lowest BCUT2D eigenvalue weighted by molar-refractivity contribution is 0.245. The molecule has 0 spiro atoms. The molecule has 3 nitrogen and oxygen atoms in total. The van der Waals surface area contributed by atoms with Crippen molar-refractivity contribution < 1.29 is 5.11 Å². The van der Waals surface area contributed by atoms with E-state index in [1.807, 2.05) is 18.2 Å². The summed E-state index contributed by atoms with van der Waals surface area (Å²) >= 11 is 0. The smallest absolute Gasteiger partial charge is 0.0601 e. The summed E-state index contributed by atoms with van der Waals surface area (Å²) in [5, 5.41) is 12.5. The van der Waals surface area contributed by atoms with Crippen LogP contribution in [0.4, 0.5) is 5.69 Å². The largest absolute Gasteiger partial charge is 0.395 e. The van der Waals surface area contributed by atoms with Crippen molar-refractivity contribution in [1.29, 1.82) is 0 Å². The number of hydrogen-bond donors (Lipinski definition) is 2. The van der Waals surface area contributed by atoms with Crippen LogP contribution in [0.1, 0.15) is 13.8 Å². The Morgan fingerprint density at radius 3 is 2.44 bits per heavy atom. The molecule has 0 aliphatic heterocycles. The lowest BCUT2D eigenvalue weighted by Crippen LogP contribution is -2.43. The normalized spacial score (nSPS) is 12.4. The van der Waals surface area contributed by atoms with Crippen molar-refractivity contribution in [1.82, 2.24) is 5.32 Å². The van der Waals surface area contributed by atoms with Gasteiger partial charge < -0.3 is 15.3 Å². The first-order valence-corrected chi connectivity index (χ1v) is 5.96. The van der Waals surface area contributed by atoms with Gasteiger partial charge in [0.2, 0.25) is 0 Å². The van der Waals surface area contributed by atoms with Crippen LogP contribution in [0.5, 0.6) is 0 Å². The number of nitrogens with zero attached hydrogens (tertiary/aromatic N) is 1. The van der Waals surface area contributed by atoms with E-state index in [4.69, 9.17) is 0 Å². The second kappa shape index (κ2) is 7.25. The van der Waals surface area contributed by atoms with E-state index in [2.05, 4.69) is 36.2 Å². The predicted octanol–water partition coefficient (Wildman–Crippen LogP) is 1.48. The van der Waals surface area contributed by atoms with E-state index in [1.165, 1.54) is 5.69 Å². The molecule has 0 fully saturated rings. The fourth-order valence-electron chi connectivity index (χ4n) is 1.80. The van der Waals surface area contributed by atoms with E-state index in [0.717, 1.165) is 19.6 Å². The van der Waals surface area contributed by atoms with Crippen LogP contribution in [0, 0.1) is 0 Å². The number of anilines is 1. The first-order chi connectivity index (χ1) is 7.81. The van der Waals surface area contributed by atoms with Crippen LogP contribution in [-0.2, 0) is 0 Å². The zero-order valence-corrected chi connectivity index (χ0v) is 10.2. The summed E-state index contributed by atoms with van der Waals surface area (Å²) in [4.78, 5) is 2.27. The first-order valence-electron chi connectivity index (χ1n) is 5.96. The van der Waals surface area contributed by atoms with Gasteiger partial charge in [-0.1, -0.05) is 25.1 Å². The van der Waals surface area contributed by atoms with Crippen LogP contribution in [0.25, 0.3) is 0 Å². The maximum atomic E-state index is 9.26. The molecule has 2 N–H and O–H groups in total. The highest BCUT2D eigenvalue weighted by molar-refractivity contribution is 5.45. The van der Waals surface area contributed by atoms with E-state index in [9.17, 15) is 5.11 Å². The molecule has 0 saturated carbocycles. The number of rotatable bonds is 7. The van der Waals surface area contributed by atoms with Gasteiger partial charge in [0.25, 0.3) is 0 Å². The molecule has 0 aliphatic rings. The molecular formula is C13H22N2O. The van der Waals surface area contributed by atoms with Crippen molar-refractivity contribution in [2.24, 2.45) is 0 Å². The first kappa shape index (κ1) is 13.0. The van der Waals surface area contributed by atoms with E-state index >= 15 is 0 Å². The van der Waals surface area contributed by atoms with Gasteiger partial charge in [-0.15, -0.1) is 0 Å². The number of aliphatic hydroxyl groups is 1. The number of likely N-dealkylation sites (N-methyl/N-ethyl adjacent to an activating group) is 2. The van der Waals surface area contributed by atoms with Gasteiger partial charge in [-0.3, -0.25) is 0 Å². The molecule has 90 valence electrons. The molecule has 0 heterocycles. The highest BCUT2D eigenvalue weighted by Crippen LogP contribution is 2.12. The van der Waals surface area contributed by atoms with Crippen molar-refractivity contribution >= 4 is 5.69 Å². The summed E-state index contributed by atoms with van der Waals surface area (Å²) in [6, 6.07) is 10.4. The Morgan fingerprint density at radius 2 is 1.94 bits per heavy atom. The minimum absolute atomic E-state index is 0.144. The van der Waals surface area contributed by atoms with Gasteiger partial charge in [0.15, 0.2) is 0 Å². The van der Waals surface area contributed by atoms with Gasteiger partial charge in [0.1, 0.15) is 0 Å². The van der Waals surface area contributed by atoms with Crippen molar-refractivity contribution in [3.05, 3.63) is 30.3 Å². The van der Waals surface area contributed by atoms with Gasteiger partial charge >= 0.3 is 0 Å². The van der Waals surface area contributed by atoms with Gasteiger partial charge in [-0.2, -0.15) is 0 Å². The van der Waals surface area contributed by atoms with Crippen LogP contribution < -0.4 is 10.2 Å². The lowest BCUT2D eigenvalue weighted by Gasteiger charge is -2.27. The van der Waals surface area contributed by atoms with E-state index in [-0.39, 0.29) is 12.6 Å². The van der Waals surface area contributed by atoms with Gasteiger partial charge in [0.05, 0.1) is 6.61 Å². The standard InChI is InChI=1S/C13H22N2O/c1-3-14-12(11-16)10-15(4-2)13-8-6-5-7-9-13/h5-9,12,14,16H,3-4,10-11H2,1-2H3. The Hall–Kier alpha value is -1.06. The number of nitrogens with one attached hydrogen (secondary N) is 1. The zero-order valence-electron chi connectivity index (χ0n) is 10.2. The molecular weight excluding hydrogens is 200 g/mol. The molecule has 0 bridgehead atoms. The molecule has 0 saturated heterocycles. The third-order valence-corrected chi connectivity index (χ3v) is 2.66. The van der Waals surface area contributed by atoms with Crippen molar-refractivity contribution in [3.63, 3.8) is 0 Å². The average Bonchev–Trinajstić information content (AvgIpc) is 2.35. The third-order valence-electron chi connectivity index (χ3n) is 2.66. The number of aliphatic hydroxyl groups excluding tert-OH is 1. The molecule has 3 heteroatoms. The second-order valence-corrected chi connectivity index (χ2v) is 3.81. The Balaban J connectivity index is 2.61.